The van der Waals surface area contributed by atoms with Gasteiger partial charge in [-0.3, -0.25) is 9.59 Å². The number of carbonyl (C=O) groups is 2. The third kappa shape index (κ3) is 5.18. The number of amides is 2. The molecule has 2 fully saturated rings. The van der Waals surface area contributed by atoms with E-state index < -0.39 is 15.9 Å². The van der Waals surface area contributed by atoms with Crippen LogP contribution in [0.15, 0.2) is 53.4 Å². The molecule has 0 aliphatic carbocycles. The highest BCUT2D eigenvalue weighted by Crippen LogP contribution is 2.28. The number of nitrogens with one attached hydrogen (secondary N) is 1. The average Bonchev–Trinajstić information content (AvgIpc) is 3.22. The van der Waals surface area contributed by atoms with E-state index in [4.69, 9.17) is 9.47 Å². The van der Waals surface area contributed by atoms with Crippen LogP contribution in [0.3, 0.4) is 0 Å². The summed E-state index contributed by atoms with van der Waals surface area (Å²) in [5.74, 6) is -0.172. The molecule has 4 rings (SSSR count). The topological polar surface area (TPSA) is 105 Å². The smallest absolute Gasteiger partial charge is 0.243 e. The molecular formula is C23H27N3O6S. The lowest BCUT2D eigenvalue weighted by Crippen LogP contribution is -2.40. The van der Waals surface area contributed by atoms with Gasteiger partial charge >= 0.3 is 0 Å². The van der Waals surface area contributed by atoms with Crippen molar-refractivity contribution >= 4 is 33.2 Å². The Kier molecular flexibility index (Phi) is 6.96. The van der Waals surface area contributed by atoms with Crippen molar-refractivity contribution in [1.29, 1.82) is 0 Å². The third-order valence-electron chi connectivity index (χ3n) is 5.68. The molecule has 0 saturated carbocycles. The van der Waals surface area contributed by atoms with Crippen LogP contribution in [0.25, 0.3) is 0 Å². The Morgan fingerprint density at radius 1 is 1.09 bits per heavy atom. The molecule has 10 heteroatoms. The number of hydrogen-bond donors (Lipinski definition) is 1. The normalized spacial score (nSPS) is 19.5. The number of rotatable bonds is 7. The van der Waals surface area contributed by atoms with Gasteiger partial charge in [-0.1, -0.05) is 0 Å². The second-order valence-electron chi connectivity index (χ2n) is 7.86. The van der Waals surface area contributed by atoms with Gasteiger partial charge in [-0.25, -0.2) is 8.42 Å². The van der Waals surface area contributed by atoms with Crippen molar-refractivity contribution in [3.8, 4) is 5.75 Å². The van der Waals surface area contributed by atoms with Crippen LogP contribution < -0.4 is 15.0 Å². The van der Waals surface area contributed by atoms with E-state index in [0.717, 1.165) is 11.4 Å². The lowest BCUT2D eigenvalue weighted by Gasteiger charge is -2.26. The van der Waals surface area contributed by atoms with Gasteiger partial charge < -0.3 is 19.7 Å². The second-order valence-corrected chi connectivity index (χ2v) is 9.80. The van der Waals surface area contributed by atoms with Gasteiger partial charge in [-0.15, -0.1) is 0 Å². The number of benzene rings is 2. The van der Waals surface area contributed by atoms with Crippen LogP contribution in [0, 0.1) is 5.92 Å². The maximum Gasteiger partial charge on any atom is 0.243 e. The van der Waals surface area contributed by atoms with Crippen LogP contribution in [0.5, 0.6) is 5.75 Å². The lowest BCUT2D eigenvalue weighted by molar-refractivity contribution is -0.122. The molecule has 2 saturated heterocycles. The summed E-state index contributed by atoms with van der Waals surface area (Å²) in [7, 11) is -3.59. The summed E-state index contributed by atoms with van der Waals surface area (Å²) in [6, 6.07) is 13.3. The first-order chi connectivity index (χ1) is 15.9. The summed E-state index contributed by atoms with van der Waals surface area (Å²) in [6.45, 7) is 4.13. The van der Waals surface area contributed by atoms with Gasteiger partial charge in [0.15, 0.2) is 0 Å². The van der Waals surface area contributed by atoms with E-state index in [-0.39, 0.29) is 29.7 Å². The Bertz CT molecular complexity index is 1100. The minimum Gasteiger partial charge on any atom is -0.494 e. The maximum atomic E-state index is 12.8. The SMILES string of the molecule is CCOc1ccc(N2C[C@@H](C(=O)Nc3ccc(S(=O)(=O)N4CCOCC4)cc3)CC2=O)cc1. The van der Waals surface area contributed by atoms with E-state index in [1.807, 2.05) is 6.92 Å². The minimum absolute atomic E-state index is 0.114. The summed E-state index contributed by atoms with van der Waals surface area (Å²) in [5, 5.41) is 2.79. The number of nitrogens with zero attached hydrogens (tertiary/aromatic N) is 2. The predicted octanol–water partition coefficient (Wildman–Crippen LogP) is 2.10. The lowest BCUT2D eigenvalue weighted by atomic mass is 10.1. The number of sulfonamides is 1. The fourth-order valence-electron chi connectivity index (χ4n) is 3.91. The molecule has 2 amide bonds. The zero-order valence-electron chi connectivity index (χ0n) is 18.4. The molecule has 9 nitrogen and oxygen atoms in total. The fraction of sp³-hybridized carbons (Fsp3) is 0.391. The molecule has 0 spiro atoms. The maximum absolute atomic E-state index is 12.8. The zero-order valence-corrected chi connectivity index (χ0v) is 19.2. The summed E-state index contributed by atoms with van der Waals surface area (Å²) in [6.07, 6.45) is 0.114. The highest BCUT2D eigenvalue weighted by molar-refractivity contribution is 7.89. The van der Waals surface area contributed by atoms with Crippen LogP contribution in [0.4, 0.5) is 11.4 Å². The standard InChI is InChI=1S/C23H27N3O6S/c1-2-32-20-7-5-19(6-8-20)26-16-17(15-22(26)27)23(28)24-18-3-9-21(10-4-18)33(29,30)25-11-13-31-14-12-25/h3-10,17H,2,11-16H2,1H3,(H,24,28)/t17-/m0/s1. The van der Waals surface area contributed by atoms with Crippen molar-refractivity contribution in [3.05, 3.63) is 48.5 Å². The van der Waals surface area contributed by atoms with Gasteiger partial charge in [0.05, 0.1) is 30.6 Å². The van der Waals surface area contributed by atoms with E-state index in [9.17, 15) is 18.0 Å². The Balaban J connectivity index is 1.37. The van der Waals surface area contributed by atoms with Crippen LogP contribution in [0.1, 0.15) is 13.3 Å². The number of hydrogen-bond acceptors (Lipinski definition) is 6. The molecular weight excluding hydrogens is 446 g/mol. The predicted molar refractivity (Wildman–Crippen MR) is 123 cm³/mol. The molecule has 0 radical (unpaired) electrons. The Morgan fingerprint density at radius 3 is 2.39 bits per heavy atom. The van der Waals surface area contributed by atoms with Crippen LogP contribution in [-0.2, 0) is 24.3 Å². The Hall–Kier alpha value is -2.95. The first-order valence-electron chi connectivity index (χ1n) is 10.9. The molecule has 2 aliphatic heterocycles. The Morgan fingerprint density at radius 2 is 1.76 bits per heavy atom. The van der Waals surface area contributed by atoms with Crippen LogP contribution in [0.2, 0.25) is 0 Å². The third-order valence-corrected chi connectivity index (χ3v) is 7.60. The van der Waals surface area contributed by atoms with Crippen molar-refractivity contribution in [2.24, 2.45) is 5.92 Å². The quantitative estimate of drug-likeness (QED) is 0.660. The zero-order chi connectivity index (χ0) is 23.4. The van der Waals surface area contributed by atoms with Gasteiger partial charge in [0.25, 0.3) is 0 Å². The molecule has 0 aromatic heterocycles. The molecule has 2 aromatic rings. The van der Waals surface area contributed by atoms with Gasteiger partial charge in [-0.05, 0) is 55.5 Å². The summed E-state index contributed by atoms with van der Waals surface area (Å²) in [5.41, 5.74) is 1.20. The summed E-state index contributed by atoms with van der Waals surface area (Å²) in [4.78, 5) is 27.0. The van der Waals surface area contributed by atoms with Gasteiger partial charge in [0, 0.05) is 37.4 Å². The highest BCUT2D eigenvalue weighted by Gasteiger charge is 2.35. The van der Waals surface area contributed by atoms with Gasteiger partial charge in [0.2, 0.25) is 21.8 Å². The van der Waals surface area contributed by atoms with Crippen molar-refractivity contribution in [2.45, 2.75) is 18.2 Å². The van der Waals surface area contributed by atoms with Crippen molar-refractivity contribution in [3.63, 3.8) is 0 Å². The molecule has 176 valence electrons. The van der Waals surface area contributed by atoms with Crippen LogP contribution >= 0.6 is 0 Å². The second kappa shape index (κ2) is 9.90. The van der Waals surface area contributed by atoms with E-state index >= 15 is 0 Å². The minimum atomic E-state index is -3.59. The molecule has 2 aliphatic rings. The molecule has 0 bridgehead atoms. The summed E-state index contributed by atoms with van der Waals surface area (Å²) >= 11 is 0. The van der Waals surface area contributed by atoms with E-state index in [1.54, 1.807) is 41.3 Å². The molecule has 1 atom stereocenters. The summed E-state index contributed by atoms with van der Waals surface area (Å²) < 4.78 is 37.5. The van der Waals surface area contributed by atoms with E-state index in [2.05, 4.69) is 5.32 Å². The van der Waals surface area contributed by atoms with Crippen molar-refractivity contribution in [1.82, 2.24) is 4.31 Å². The van der Waals surface area contributed by atoms with E-state index in [1.165, 1.54) is 16.4 Å². The molecule has 1 N–H and O–H groups in total. The molecule has 2 aromatic carbocycles. The van der Waals surface area contributed by atoms with Crippen molar-refractivity contribution < 1.29 is 27.5 Å². The molecule has 0 unspecified atom stereocenters. The average molecular weight is 474 g/mol. The number of ether oxygens (including phenoxy) is 2. The fourth-order valence-corrected chi connectivity index (χ4v) is 5.32. The largest absolute Gasteiger partial charge is 0.494 e. The van der Waals surface area contributed by atoms with Gasteiger partial charge in [-0.2, -0.15) is 4.31 Å². The number of carbonyl (C=O) groups excluding carboxylic acids is 2. The first-order valence-corrected chi connectivity index (χ1v) is 12.3. The Labute approximate surface area is 193 Å². The first kappa shape index (κ1) is 23.2. The van der Waals surface area contributed by atoms with E-state index in [0.29, 0.717) is 38.6 Å². The van der Waals surface area contributed by atoms with Crippen LogP contribution in [-0.4, -0.2) is 64.0 Å². The van der Waals surface area contributed by atoms with Gasteiger partial charge in [0.1, 0.15) is 5.75 Å². The monoisotopic (exact) mass is 473 g/mol. The molecule has 33 heavy (non-hydrogen) atoms. The van der Waals surface area contributed by atoms with Crippen molar-refractivity contribution in [2.75, 3.05) is 49.7 Å². The highest BCUT2D eigenvalue weighted by atomic mass is 32.2. The molecule has 2 heterocycles. The number of anilines is 2. The number of morpholine rings is 1.